The molecule has 0 spiro atoms. The van der Waals surface area contributed by atoms with Crippen molar-refractivity contribution in [3.05, 3.63) is 65.7 Å². The zero-order valence-electron chi connectivity index (χ0n) is 12.2. The van der Waals surface area contributed by atoms with Gasteiger partial charge in [-0.1, -0.05) is 55.8 Å². The first-order valence-corrected chi connectivity index (χ1v) is 7.20. The molecule has 3 nitrogen and oxygen atoms in total. The molecular formula is C18H20O3. The van der Waals surface area contributed by atoms with Gasteiger partial charge in [-0.2, -0.15) is 0 Å². The monoisotopic (exact) mass is 284 g/mol. The van der Waals surface area contributed by atoms with Crippen molar-refractivity contribution >= 4 is 5.97 Å². The minimum Gasteiger partial charge on any atom is -0.508 e. The normalized spacial score (nSPS) is 11.9. The quantitative estimate of drug-likeness (QED) is 0.815. The minimum atomic E-state index is -0.278. The van der Waals surface area contributed by atoms with Crippen LogP contribution in [0.25, 0.3) is 0 Å². The number of phenols is 1. The Morgan fingerprint density at radius 2 is 1.76 bits per heavy atom. The number of hydrogen-bond acceptors (Lipinski definition) is 3. The highest BCUT2D eigenvalue weighted by atomic mass is 16.5. The van der Waals surface area contributed by atoms with Gasteiger partial charge in [-0.25, -0.2) is 0 Å². The molecule has 2 aromatic rings. The lowest BCUT2D eigenvalue weighted by atomic mass is 9.94. The van der Waals surface area contributed by atoms with Crippen LogP contribution in [0.3, 0.4) is 0 Å². The molecule has 3 heteroatoms. The van der Waals surface area contributed by atoms with Crippen molar-refractivity contribution in [2.75, 3.05) is 0 Å². The van der Waals surface area contributed by atoms with Crippen molar-refractivity contribution in [3.63, 3.8) is 0 Å². The second-order valence-corrected chi connectivity index (χ2v) is 5.03. The fraction of sp³-hybridized carbons (Fsp3) is 0.278. The van der Waals surface area contributed by atoms with Gasteiger partial charge in [0.25, 0.3) is 0 Å². The molecule has 0 aliphatic carbocycles. The third kappa shape index (κ3) is 4.35. The highest BCUT2D eigenvalue weighted by molar-refractivity contribution is 5.78. The van der Waals surface area contributed by atoms with Crippen molar-refractivity contribution < 1.29 is 14.6 Å². The van der Waals surface area contributed by atoms with Crippen molar-refractivity contribution in [3.8, 4) is 5.75 Å². The first-order valence-electron chi connectivity index (χ1n) is 7.20. The molecule has 0 saturated heterocycles. The number of phenolic OH excluding ortho intramolecular Hbond substituents is 1. The summed E-state index contributed by atoms with van der Waals surface area (Å²) in [5, 5.41) is 9.34. The van der Waals surface area contributed by atoms with E-state index in [4.69, 9.17) is 4.74 Å². The Balaban J connectivity index is 2.03. The number of hydrogen-bond donors (Lipinski definition) is 1. The number of ether oxygens (including phenoxy) is 1. The first kappa shape index (κ1) is 15.1. The number of carbonyl (C=O) groups is 1. The fourth-order valence-electron chi connectivity index (χ4n) is 2.25. The van der Waals surface area contributed by atoms with Gasteiger partial charge in [0.1, 0.15) is 12.4 Å². The molecule has 0 aliphatic rings. The number of carbonyl (C=O) groups excluding carboxylic acids is 1. The molecule has 0 heterocycles. The third-order valence-electron chi connectivity index (χ3n) is 3.38. The Labute approximate surface area is 125 Å². The van der Waals surface area contributed by atoms with Gasteiger partial charge < -0.3 is 9.84 Å². The number of esters is 1. The predicted molar refractivity (Wildman–Crippen MR) is 82.0 cm³/mol. The SMILES string of the molecule is CCCC(C(=O)OCc1ccccc1)c1ccc(O)cc1. The molecule has 0 fully saturated rings. The molecule has 1 N–H and O–H groups in total. The van der Waals surface area contributed by atoms with Crippen LogP contribution in [-0.2, 0) is 16.1 Å². The lowest BCUT2D eigenvalue weighted by molar-refractivity contribution is -0.147. The first-order chi connectivity index (χ1) is 10.2. The summed E-state index contributed by atoms with van der Waals surface area (Å²) in [6.45, 7) is 2.33. The van der Waals surface area contributed by atoms with E-state index >= 15 is 0 Å². The van der Waals surface area contributed by atoms with Crippen LogP contribution in [-0.4, -0.2) is 11.1 Å². The second kappa shape index (κ2) is 7.48. The van der Waals surface area contributed by atoms with E-state index in [1.165, 1.54) is 0 Å². The van der Waals surface area contributed by atoms with E-state index in [-0.39, 0.29) is 24.2 Å². The summed E-state index contributed by atoms with van der Waals surface area (Å²) in [4.78, 5) is 12.3. The van der Waals surface area contributed by atoms with Gasteiger partial charge in [-0.15, -0.1) is 0 Å². The van der Waals surface area contributed by atoms with Crippen LogP contribution in [0.4, 0.5) is 0 Å². The average molecular weight is 284 g/mol. The number of benzene rings is 2. The molecule has 1 atom stereocenters. The Morgan fingerprint density at radius 3 is 2.38 bits per heavy atom. The van der Waals surface area contributed by atoms with Crippen LogP contribution < -0.4 is 0 Å². The van der Waals surface area contributed by atoms with Crippen LogP contribution in [0.5, 0.6) is 5.75 Å². The van der Waals surface area contributed by atoms with Gasteiger partial charge in [0, 0.05) is 0 Å². The molecule has 21 heavy (non-hydrogen) atoms. The lowest BCUT2D eigenvalue weighted by Gasteiger charge is -2.16. The van der Waals surface area contributed by atoms with E-state index in [0.29, 0.717) is 0 Å². The van der Waals surface area contributed by atoms with Gasteiger partial charge >= 0.3 is 5.97 Å². The third-order valence-corrected chi connectivity index (χ3v) is 3.38. The fourth-order valence-corrected chi connectivity index (χ4v) is 2.25. The molecule has 2 aromatic carbocycles. The van der Waals surface area contributed by atoms with Crippen LogP contribution in [0, 0.1) is 0 Å². The van der Waals surface area contributed by atoms with Gasteiger partial charge in [-0.05, 0) is 29.7 Å². The maximum absolute atomic E-state index is 12.3. The molecular weight excluding hydrogens is 264 g/mol. The van der Waals surface area contributed by atoms with Gasteiger partial charge in [-0.3, -0.25) is 4.79 Å². The summed E-state index contributed by atoms with van der Waals surface area (Å²) in [6, 6.07) is 16.4. The number of rotatable bonds is 6. The summed E-state index contributed by atoms with van der Waals surface area (Å²) in [5.74, 6) is -0.294. The molecule has 1 unspecified atom stereocenters. The summed E-state index contributed by atoms with van der Waals surface area (Å²) in [7, 11) is 0. The molecule has 110 valence electrons. The Morgan fingerprint density at radius 1 is 1.10 bits per heavy atom. The largest absolute Gasteiger partial charge is 0.508 e. The highest BCUT2D eigenvalue weighted by Gasteiger charge is 2.21. The molecule has 0 aliphatic heterocycles. The highest BCUT2D eigenvalue weighted by Crippen LogP contribution is 2.25. The number of aromatic hydroxyl groups is 1. The lowest BCUT2D eigenvalue weighted by Crippen LogP contribution is -2.16. The molecule has 0 aromatic heterocycles. The smallest absolute Gasteiger partial charge is 0.313 e. The second-order valence-electron chi connectivity index (χ2n) is 5.03. The standard InChI is InChI=1S/C18H20O3/c1-2-6-17(15-9-11-16(19)12-10-15)18(20)21-13-14-7-4-3-5-8-14/h3-5,7-12,17,19H,2,6,13H2,1H3. The van der Waals surface area contributed by atoms with Crippen LogP contribution in [0.2, 0.25) is 0 Å². The van der Waals surface area contributed by atoms with E-state index in [2.05, 4.69) is 0 Å². The molecule has 0 bridgehead atoms. The van der Waals surface area contributed by atoms with E-state index in [1.54, 1.807) is 24.3 Å². The van der Waals surface area contributed by atoms with Crippen molar-refractivity contribution in [2.45, 2.75) is 32.3 Å². The average Bonchev–Trinajstić information content (AvgIpc) is 2.52. The van der Waals surface area contributed by atoms with E-state index in [0.717, 1.165) is 24.0 Å². The summed E-state index contributed by atoms with van der Waals surface area (Å²) >= 11 is 0. The van der Waals surface area contributed by atoms with E-state index in [9.17, 15) is 9.90 Å². The van der Waals surface area contributed by atoms with Gasteiger partial charge in [0.15, 0.2) is 0 Å². The Hall–Kier alpha value is -2.29. The Kier molecular flexibility index (Phi) is 5.38. The molecule has 0 saturated carbocycles. The van der Waals surface area contributed by atoms with Crippen molar-refractivity contribution in [1.29, 1.82) is 0 Å². The van der Waals surface area contributed by atoms with Crippen molar-refractivity contribution in [1.82, 2.24) is 0 Å². The van der Waals surface area contributed by atoms with Gasteiger partial charge in [0.05, 0.1) is 5.92 Å². The minimum absolute atomic E-state index is 0.201. The topological polar surface area (TPSA) is 46.5 Å². The van der Waals surface area contributed by atoms with Crippen LogP contribution >= 0.6 is 0 Å². The molecule has 0 amide bonds. The van der Waals surface area contributed by atoms with Crippen LogP contribution in [0.15, 0.2) is 54.6 Å². The van der Waals surface area contributed by atoms with Crippen LogP contribution in [0.1, 0.15) is 36.8 Å². The summed E-state index contributed by atoms with van der Waals surface area (Å²) < 4.78 is 5.43. The zero-order chi connectivity index (χ0) is 15.1. The van der Waals surface area contributed by atoms with E-state index in [1.807, 2.05) is 37.3 Å². The maximum Gasteiger partial charge on any atom is 0.313 e. The van der Waals surface area contributed by atoms with Crippen molar-refractivity contribution in [2.24, 2.45) is 0 Å². The Bertz CT molecular complexity index is 561. The van der Waals surface area contributed by atoms with Gasteiger partial charge in [0.2, 0.25) is 0 Å². The summed E-state index contributed by atoms with van der Waals surface area (Å²) in [6.07, 6.45) is 1.63. The summed E-state index contributed by atoms with van der Waals surface area (Å²) in [5.41, 5.74) is 1.86. The molecule has 2 rings (SSSR count). The maximum atomic E-state index is 12.3. The predicted octanol–water partition coefficient (Wildman–Crippen LogP) is 4.02. The van der Waals surface area contributed by atoms with E-state index < -0.39 is 0 Å². The molecule has 0 radical (unpaired) electrons. The zero-order valence-corrected chi connectivity index (χ0v) is 12.2.